The summed E-state index contributed by atoms with van der Waals surface area (Å²) in [5, 5.41) is 15.7. The highest BCUT2D eigenvalue weighted by Gasteiger charge is 2.24. The van der Waals surface area contributed by atoms with Crippen molar-refractivity contribution in [1.29, 1.82) is 0 Å². The van der Waals surface area contributed by atoms with Gasteiger partial charge in [0.25, 0.3) is 11.8 Å². The molecule has 0 fully saturated rings. The highest BCUT2D eigenvalue weighted by atomic mass is 19.1. The zero-order valence-corrected chi connectivity index (χ0v) is 18.5. The van der Waals surface area contributed by atoms with Crippen LogP contribution in [-0.2, 0) is 16.0 Å². The fraction of sp³-hybridized carbons (Fsp3) is 0.0741. The van der Waals surface area contributed by atoms with Crippen LogP contribution in [0.1, 0.15) is 21.5 Å². The molecule has 0 saturated carbocycles. The molecule has 0 unspecified atom stereocenters. The number of halogens is 1. The number of aliphatic carboxylic acids is 1. The van der Waals surface area contributed by atoms with Gasteiger partial charge in [0.05, 0.1) is 0 Å². The Morgan fingerprint density at radius 3 is 2.34 bits per heavy atom. The first kappa shape index (κ1) is 23.4. The zero-order valence-electron chi connectivity index (χ0n) is 18.5. The summed E-state index contributed by atoms with van der Waals surface area (Å²) in [6.45, 7) is 0. The monoisotopic (exact) mass is 471 g/mol. The minimum absolute atomic E-state index is 0.0293. The average molecular weight is 471 g/mol. The van der Waals surface area contributed by atoms with Gasteiger partial charge in [-0.15, -0.1) is 0 Å². The second kappa shape index (κ2) is 10.5. The number of amides is 2. The third-order valence-corrected chi connectivity index (χ3v) is 5.41. The molecule has 35 heavy (non-hydrogen) atoms. The molecule has 0 saturated heterocycles. The van der Waals surface area contributed by atoms with E-state index in [1.54, 1.807) is 36.5 Å². The lowest BCUT2D eigenvalue weighted by Crippen LogP contribution is -2.45. The van der Waals surface area contributed by atoms with Gasteiger partial charge in [0.2, 0.25) is 0 Å². The molecule has 2 amide bonds. The van der Waals surface area contributed by atoms with Gasteiger partial charge >= 0.3 is 5.97 Å². The molecular weight excluding hydrogens is 449 g/mol. The van der Waals surface area contributed by atoms with Gasteiger partial charge < -0.3 is 20.7 Å². The molecule has 0 spiro atoms. The number of aromatic amines is 1. The number of fused-ring (bicyclic) bond motifs is 1. The highest BCUT2D eigenvalue weighted by Crippen LogP contribution is 2.19. The Hall–Kier alpha value is -4.72. The Morgan fingerprint density at radius 1 is 0.943 bits per heavy atom. The van der Waals surface area contributed by atoms with Crippen LogP contribution >= 0.6 is 0 Å². The van der Waals surface area contributed by atoms with E-state index in [0.717, 1.165) is 16.5 Å². The van der Waals surface area contributed by atoms with Crippen LogP contribution in [0.25, 0.3) is 17.0 Å². The second-order valence-electron chi connectivity index (χ2n) is 7.86. The number of carbonyl (C=O) groups is 3. The van der Waals surface area contributed by atoms with E-state index >= 15 is 0 Å². The van der Waals surface area contributed by atoms with Crippen molar-refractivity contribution in [2.24, 2.45) is 0 Å². The van der Waals surface area contributed by atoms with E-state index in [2.05, 4.69) is 15.6 Å². The number of hydrogen-bond donors (Lipinski definition) is 4. The number of aromatic nitrogens is 1. The molecule has 8 heteroatoms. The van der Waals surface area contributed by atoms with Crippen molar-refractivity contribution in [3.05, 3.63) is 113 Å². The van der Waals surface area contributed by atoms with Gasteiger partial charge in [-0.3, -0.25) is 9.59 Å². The topological polar surface area (TPSA) is 111 Å². The molecule has 7 nitrogen and oxygen atoms in total. The Labute approximate surface area is 200 Å². The van der Waals surface area contributed by atoms with Crippen LogP contribution in [0.15, 0.2) is 90.8 Å². The van der Waals surface area contributed by atoms with E-state index in [0.29, 0.717) is 11.1 Å². The third kappa shape index (κ3) is 5.80. The van der Waals surface area contributed by atoms with E-state index in [4.69, 9.17) is 0 Å². The number of para-hydroxylation sites is 1. The van der Waals surface area contributed by atoms with Crippen LogP contribution in [0.3, 0.4) is 0 Å². The summed E-state index contributed by atoms with van der Waals surface area (Å²) in [5.41, 5.74) is 2.18. The minimum atomic E-state index is -1.26. The zero-order chi connectivity index (χ0) is 24.8. The first-order chi connectivity index (χ1) is 16.9. The predicted molar refractivity (Wildman–Crippen MR) is 130 cm³/mol. The van der Waals surface area contributed by atoms with Crippen molar-refractivity contribution >= 4 is 34.8 Å². The molecule has 0 aliphatic carbocycles. The minimum Gasteiger partial charge on any atom is -0.480 e. The fourth-order valence-corrected chi connectivity index (χ4v) is 3.62. The fourth-order valence-electron chi connectivity index (χ4n) is 3.62. The first-order valence-corrected chi connectivity index (χ1v) is 10.8. The molecule has 4 rings (SSSR count). The molecule has 0 bridgehead atoms. The number of carbonyl (C=O) groups excluding carboxylic acids is 2. The van der Waals surface area contributed by atoms with Gasteiger partial charge in [-0.2, -0.15) is 0 Å². The SMILES string of the molecule is O=C(N[C@@H](Cc1c[nH]c2ccccc12)C(=O)O)/C(=C\c1ccc(F)cc1)NC(=O)c1ccccc1. The van der Waals surface area contributed by atoms with Crippen LogP contribution in [-0.4, -0.2) is 33.9 Å². The number of H-pyrrole nitrogens is 1. The Balaban J connectivity index is 1.59. The first-order valence-electron chi connectivity index (χ1n) is 10.8. The molecule has 176 valence electrons. The third-order valence-electron chi connectivity index (χ3n) is 5.41. The van der Waals surface area contributed by atoms with Crippen LogP contribution in [0.4, 0.5) is 4.39 Å². The molecule has 0 radical (unpaired) electrons. The van der Waals surface area contributed by atoms with Gasteiger partial charge in [0.1, 0.15) is 17.6 Å². The quantitative estimate of drug-likeness (QED) is 0.292. The summed E-state index contributed by atoms with van der Waals surface area (Å²) >= 11 is 0. The molecule has 1 atom stereocenters. The maximum absolute atomic E-state index is 13.3. The standard InChI is InChI=1S/C27H22FN3O4/c28-20-12-10-17(11-13-20)14-23(30-25(32)18-6-2-1-3-7-18)26(33)31-24(27(34)35)15-19-16-29-22-9-5-4-8-21(19)22/h1-14,16,24,29H,15H2,(H,30,32)(H,31,33)(H,34,35)/b23-14+/t24-/m0/s1. The van der Waals surface area contributed by atoms with E-state index in [-0.39, 0.29) is 12.1 Å². The lowest BCUT2D eigenvalue weighted by Gasteiger charge is -2.17. The number of benzene rings is 3. The molecule has 4 aromatic rings. The lowest BCUT2D eigenvalue weighted by atomic mass is 10.0. The number of carboxylic acid groups (broad SMARTS) is 1. The number of carboxylic acids is 1. The summed E-state index contributed by atoms with van der Waals surface area (Å²) in [4.78, 5) is 40.9. The maximum Gasteiger partial charge on any atom is 0.326 e. The summed E-state index contributed by atoms with van der Waals surface area (Å²) in [5.74, 6) is -3.01. The van der Waals surface area contributed by atoms with E-state index in [1.165, 1.54) is 30.3 Å². The molecule has 3 aromatic carbocycles. The van der Waals surface area contributed by atoms with Crippen molar-refractivity contribution in [3.63, 3.8) is 0 Å². The van der Waals surface area contributed by atoms with Gasteiger partial charge in [-0.05, 0) is 47.5 Å². The highest BCUT2D eigenvalue weighted by molar-refractivity contribution is 6.06. The molecule has 1 heterocycles. The number of hydrogen-bond acceptors (Lipinski definition) is 3. The molecular formula is C27H22FN3O4. The molecule has 0 aliphatic heterocycles. The van der Waals surface area contributed by atoms with Gasteiger partial charge in [-0.25, -0.2) is 9.18 Å². The summed E-state index contributed by atoms with van der Waals surface area (Å²) in [6, 6.07) is 19.8. The number of rotatable bonds is 8. The van der Waals surface area contributed by atoms with Crippen LogP contribution < -0.4 is 10.6 Å². The normalized spacial score (nSPS) is 12.2. The van der Waals surface area contributed by atoms with Crippen molar-refractivity contribution < 1.29 is 23.9 Å². The lowest BCUT2D eigenvalue weighted by molar-refractivity contribution is -0.141. The van der Waals surface area contributed by atoms with Gasteiger partial charge in [0.15, 0.2) is 0 Å². The summed E-state index contributed by atoms with van der Waals surface area (Å²) < 4.78 is 13.3. The van der Waals surface area contributed by atoms with E-state index in [1.807, 2.05) is 24.3 Å². The predicted octanol–water partition coefficient (Wildman–Crippen LogP) is 3.89. The van der Waals surface area contributed by atoms with Crippen LogP contribution in [0.2, 0.25) is 0 Å². The maximum atomic E-state index is 13.3. The van der Waals surface area contributed by atoms with Gasteiger partial charge in [-0.1, -0.05) is 48.5 Å². The second-order valence-corrected chi connectivity index (χ2v) is 7.86. The molecule has 4 N–H and O–H groups in total. The Kier molecular flexibility index (Phi) is 7.02. The Morgan fingerprint density at radius 2 is 1.63 bits per heavy atom. The smallest absolute Gasteiger partial charge is 0.326 e. The van der Waals surface area contributed by atoms with Crippen molar-refractivity contribution in [1.82, 2.24) is 15.6 Å². The largest absolute Gasteiger partial charge is 0.480 e. The van der Waals surface area contributed by atoms with Crippen molar-refractivity contribution in [2.45, 2.75) is 12.5 Å². The average Bonchev–Trinajstić information content (AvgIpc) is 3.27. The molecule has 0 aliphatic rings. The molecule has 1 aromatic heterocycles. The van der Waals surface area contributed by atoms with Crippen molar-refractivity contribution in [2.75, 3.05) is 0 Å². The summed E-state index contributed by atoms with van der Waals surface area (Å²) in [6.07, 6.45) is 3.10. The Bertz CT molecular complexity index is 1390. The number of nitrogens with one attached hydrogen (secondary N) is 3. The van der Waals surface area contributed by atoms with E-state index in [9.17, 15) is 23.9 Å². The van der Waals surface area contributed by atoms with Crippen LogP contribution in [0.5, 0.6) is 0 Å². The van der Waals surface area contributed by atoms with Crippen molar-refractivity contribution in [3.8, 4) is 0 Å². The van der Waals surface area contributed by atoms with E-state index < -0.39 is 29.6 Å². The van der Waals surface area contributed by atoms with Gasteiger partial charge in [0, 0.05) is 29.1 Å². The van der Waals surface area contributed by atoms with Crippen LogP contribution in [0, 0.1) is 5.82 Å². The summed E-state index contributed by atoms with van der Waals surface area (Å²) in [7, 11) is 0.